The van der Waals surface area contributed by atoms with E-state index < -0.39 is 9.84 Å². The summed E-state index contributed by atoms with van der Waals surface area (Å²) < 4.78 is 37.6. The molecule has 0 atom stereocenters. The molecule has 0 radical (unpaired) electrons. The lowest BCUT2D eigenvalue weighted by Gasteiger charge is -2.28. The van der Waals surface area contributed by atoms with Crippen molar-refractivity contribution in [2.45, 2.75) is 25.2 Å². The van der Waals surface area contributed by atoms with Gasteiger partial charge < -0.3 is 9.47 Å². The second kappa shape index (κ2) is 11.5. The number of ether oxygens (including phenoxy) is 2. The summed E-state index contributed by atoms with van der Waals surface area (Å²) in [5.41, 5.74) is 0.875. The molecule has 1 aliphatic heterocycles. The van der Waals surface area contributed by atoms with Crippen LogP contribution in [0.5, 0.6) is 5.75 Å². The average molecular weight is 518 g/mol. The monoisotopic (exact) mass is 517 g/mol. The third-order valence-corrected chi connectivity index (χ3v) is 8.77. The molecule has 0 saturated carbocycles. The molecule has 1 aromatic heterocycles. The Kier molecular flexibility index (Phi) is 8.38. The molecule has 0 unspecified atom stereocenters. The topological polar surface area (TPSA) is 89.0 Å². The number of thiazole rings is 1. The number of carbonyl (C=O) groups is 1. The van der Waals surface area contributed by atoms with E-state index in [1.54, 1.807) is 30.0 Å². The fraction of sp³-hybridized carbons (Fsp3) is 0.440. The summed E-state index contributed by atoms with van der Waals surface area (Å²) >= 11 is 1.40. The number of hydrogen-bond acceptors (Lipinski definition) is 8. The van der Waals surface area contributed by atoms with Crippen LogP contribution in [-0.4, -0.2) is 76.0 Å². The quantitative estimate of drug-likeness (QED) is 0.403. The van der Waals surface area contributed by atoms with Crippen LogP contribution < -0.4 is 9.64 Å². The van der Waals surface area contributed by atoms with Crippen molar-refractivity contribution in [1.82, 2.24) is 9.88 Å². The van der Waals surface area contributed by atoms with Gasteiger partial charge in [-0.1, -0.05) is 36.5 Å². The van der Waals surface area contributed by atoms with Gasteiger partial charge in [0, 0.05) is 26.2 Å². The number of para-hydroxylation sites is 1. The van der Waals surface area contributed by atoms with Gasteiger partial charge in [-0.2, -0.15) is 0 Å². The largest absolute Gasteiger partial charge is 0.492 e. The minimum Gasteiger partial charge on any atom is -0.492 e. The normalized spacial score (nSPS) is 14.8. The van der Waals surface area contributed by atoms with Gasteiger partial charge in [0.1, 0.15) is 11.3 Å². The Morgan fingerprint density at radius 3 is 2.66 bits per heavy atom. The fourth-order valence-corrected chi connectivity index (χ4v) is 6.17. The van der Waals surface area contributed by atoms with Crippen LogP contribution in [0.2, 0.25) is 0 Å². The van der Waals surface area contributed by atoms with Crippen molar-refractivity contribution in [2.24, 2.45) is 0 Å². The van der Waals surface area contributed by atoms with Crippen molar-refractivity contribution in [3.63, 3.8) is 0 Å². The van der Waals surface area contributed by atoms with E-state index in [1.165, 1.54) is 17.4 Å². The van der Waals surface area contributed by atoms with Gasteiger partial charge in [0.25, 0.3) is 5.91 Å². The van der Waals surface area contributed by atoms with Gasteiger partial charge in [-0.25, -0.2) is 13.4 Å². The first-order valence-electron chi connectivity index (χ1n) is 11.9. The van der Waals surface area contributed by atoms with Gasteiger partial charge in [0.15, 0.2) is 15.0 Å². The maximum absolute atomic E-state index is 13.9. The highest BCUT2D eigenvalue weighted by Gasteiger charge is 2.27. The summed E-state index contributed by atoms with van der Waals surface area (Å²) in [5.74, 6) is 0.228. The average Bonchev–Trinajstić information content (AvgIpc) is 3.32. The Bertz CT molecular complexity index is 1270. The maximum atomic E-state index is 13.9. The number of morpholine rings is 1. The van der Waals surface area contributed by atoms with E-state index in [9.17, 15) is 13.2 Å². The highest BCUT2D eigenvalue weighted by atomic mass is 32.2. The number of aromatic nitrogens is 1. The SMILES string of the molecule is CCOc1cccc2sc(N(CCCN3CCOCC3)C(=O)c3ccccc3S(=O)(=O)CC)nc12. The molecule has 1 amide bonds. The molecule has 8 nitrogen and oxygen atoms in total. The van der Waals surface area contributed by atoms with Crippen LogP contribution in [0.15, 0.2) is 47.4 Å². The van der Waals surface area contributed by atoms with Crippen LogP contribution in [0.25, 0.3) is 10.2 Å². The number of amides is 1. The highest BCUT2D eigenvalue weighted by molar-refractivity contribution is 7.91. The second-order valence-electron chi connectivity index (χ2n) is 8.20. The molecule has 0 aliphatic carbocycles. The van der Waals surface area contributed by atoms with Gasteiger partial charge in [-0.05, 0) is 37.6 Å². The molecule has 2 aromatic carbocycles. The first-order chi connectivity index (χ1) is 16.9. The van der Waals surface area contributed by atoms with Crippen LogP contribution >= 0.6 is 11.3 Å². The Hall–Kier alpha value is -2.53. The molecule has 188 valence electrons. The van der Waals surface area contributed by atoms with Crippen molar-refractivity contribution in [3.8, 4) is 5.75 Å². The molecule has 4 rings (SSSR count). The molecule has 3 aromatic rings. The molecular weight excluding hydrogens is 486 g/mol. The van der Waals surface area contributed by atoms with Crippen LogP contribution in [0.4, 0.5) is 5.13 Å². The van der Waals surface area contributed by atoms with Crippen molar-refractivity contribution in [1.29, 1.82) is 0 Å². The van der Waals surface area contributed by atoms with Crippen LogP contribution in [0, 0.1) is 0 Å². The number of hydrogen-bond donors (Lipinski definition) is 0. The fourth-order valence-electron chi connectivity index (χ4n) is 4.08. The molecule has 1 fully saturated rings. The van der Waals surface area contributed by atoms with Gasteiger partial charge >= 0.3 is 0 Å². The number of benzene rings is 2. The van der Waals surface area contributed by atoms with Gasteiger partial charge in [-0.15, -0.1) is 0 Å². The maximum Gasteiger partial charge on any atom is 0.261 e. The molecule has 0 N–H and O–H groups in total. The minimum atomic E-state index is -3.57. The van der Waals surface area contributed by atoms with Crippen LogP contribution in [-0.2, 0) is 14.6 Å². The van der Waals surface area contributed by atoms with E-state index in [0.29, 0.717) is 42.8 Å². The number of carbonyl (C=O) groups excluding carboxylic acids is 1. The van der Waals surface area contributed by atoms with Crippen molar-refractivity contribution in [3.05, 3.63) is 48.0 Å². The summed E-state index contributed by atoms with van der Waals surface area (Å²) in [6, 6.07) is 12.1. The number of sulfone groups is 1. The second-order valence-corrected chi connectivity index (χ2v) is 11.5. The molecular formula is C25H31N3O5S2. The van der Waals surface area contributed by atoms with Gasteiger partial charge in [-0.3, -0.25) is 14.6 Å². The Morgan fingerprint density at radius 2 is 1.91 bits per heavy atom. The summed E-state index contributed by atoms with van der Waals surface area (Å²) in [6.45, 7) is 8.40. The lowest BCUT2D eigenvalue weighted by Crippen LogP contribution is -2.39. The summed E-state index contributed by atoms with van der Waals surface area (Å²) in [4.78, 5) is 22.6. The standard InChI is InChI=1S/C25H31N3O5S2/c1-3-33-20-10-7-11-21-23(20)26-25(34-21)28(14-8-13-27-15-17-32-18-16-27)24(29)19-9-5-6-12-22(19)35(30,31)4-2/h5-7,9-12H,3-4,8,13-18H2,1-2H3. The third-order valence-electron chi connectivity index (χ3n) is 5.94. The molecule has 2 heterocycles. The summed E-state index contributed by atoms with van der Waals surface area (Å²) in [6.07, 6.45) is 0.725. The van der Waals surface area contributed by atoms with Crippen molar-refractivity contribution >= 4 is 42.4 Å². The van der Waals surface area contributed by atoms with Crippen LogP contribution in [0.1, 0.15) is 30.6 Å². The molecule has 35 heavy (non-hydrogen) atoms. The minimum absolute atomic E-state index is 0.0572. The number of anilines is 1. The summed E-state index contributed by atoms with van der Waals surface area (Å²) in [7, 11) is -3.57. The third kappa shape index (κ3) is 5.83. The van der Waals surface area contributed by atoms with Crippen LogP contribution in [0.3, 0.4) is 0 Å². The molecule has 10 heteroatoms. The molecule has 0 bridgehead atoms. The van der Waals surface area contributed by atoms with Crippen molar-refractivity contribution < 1.29 is 22.7 Å². The molecule has 1 saturated heterocycles. The zero-order valence-corrected chi connectivity index (χ0v) is 21.7. The van der Waals surface area contributed by atoms with E-state index in [1.807, 2.05) is 25.1 Å². The van der Waals surface area contributed by atoms with E-state index in [4.69, 9.17) is 14.5 Å². The number of nitrogens with zero attached hydrogens (tertiary/aromatic N) is 3. The van der Waals surface area contributed by atoms with E-state index >= 15 is 0 Å². The lowest BCUT2D eigenvalue weighted by molar-refractivity contribution is 0.0376. The first-order valence-corrected chi connectivity index (χ1v) is 14.4. The zero-order valence-electron chi connectivity index (χ0n) is 20.1. The molecule has 0 spiro atoms. The Morgan fingerprint density at radius 1 is 1.14 bits per heavy atom. The first kappa shape index (κ1) is 25.6. The Balaban J connectivity index is 1.69. The smallest absolute Gasteiger partial charge is 0.261 e. The summed E-state index contributed by atoms with van der Waals surface area (Å²) in [5, 5.41) is 0.530. The van der Waals surface area contributed by atoms with Gasteiger partial charge in [0.2, 0.25) is 0 Å². The van der Waals surface area contributed by atoms with E-state index in [-0.39, 0.29) is 22.1 Å². The Labute approximate surface area is 210 Å². The predicted octanol–water partition coefficient (Wildman–Crippen LogP) is 3.86. The number of fused-ring (bicyclic) bond motifs is 1. The van der Waals surface area contributed by atoms with E-state index in [2.05, 4.69) is 4.90 Å². The number of rotatable bonds is 10. The highest BCUT2D eigenvalue weighted by Crippen LogP contribution is 2.35. The van der Waals surface area contributed by atoms with Crippen molar-refractivity contribution in [2.75, 3.05) is 56.7 Å². The van der Waals surface area contributed by atoms with Gasteiger partial charge in [0.05, 0.1) is 40.7 Å². The predicted molar refractivity (Wildman–Crippen MR) is 139 cm³/mol. The zero-order chi connectivity index (χ0) is 24.8. The van der Waals surface area contributed by atoms with E-state index in [0.717, 1.165) is 30.8 Å². The molecule has 1 aliphatic rings. The lowest BCUT2D eigenvalue weighted by atomic mass is 10.2.